The van der Waals surface area contributed by atoms with Crippen LogP contribution in [0.1, 0.15) is 111 Å². The average molecular weight is 810 g/mol. The van der Waals surface area contributed by atoms with Gasteiger partial charge in [0.05, 0.1) is 17.7 Å². The molecule has 0 saturated carbocycles. The van der Waals surface area contributed by atoms with E-state index in [4.69, 9.17) is 0 Å². The smallest absolute Gasteiger partial charge is 0.262 e. The Morgan fingerprint density at radius 1 is 0.733 bits per heavy atom. The van der Waals surface area contributed by atoms with Gasteiger partial charge in [0.25, 0.3) is 11.8 Å². The number of nitrogens with one attached hydrogen (secondary N) is 1. The number of nitrogens with zero attached hydrogens (tertiary/aromatic N) is 4. The Morgan fingerprint density at radius 3 is 2.02 bits per heavy atom. The predicted octanol–water partition coefficient (Wildman–Crippen LogP) is 6.02. The van der Waals surface area contributed by atoms with E-state index in [1.807, 2.05) is 29.2 Å². The van der Waals surface area contributed by atoms with E-state index in [1.165, 1.54) is 22.4 Å². The zero-order valence-electron chi connectivity index (χ0n) is 33.5. The van der Waals surface area contributed by atoms with Gasteiger partial charge in [-0.1, -0.05) is 30.3 Å². The van der Waals surface area contributed by atoms with Crippen LogP contribution < -0.4 is 10.2 Å². The van der Waals surface area contributed by atoms with Crippen LogP contribution in [0.2, 0.25) is 0 Å². The third-order valence-corrected chi connectivity index (χ3v) is 14.4. The van der Waals surface area contributed by atoms with Gasteiger partial charge in [-0.15, -0.1) is 0 Å². The molecule has 3 saturated heterocycles. The number of piperidine rings is 3. The Labute approximate surface area is 348 Å². The number of hydrogen-bond donors (Lipinski definition) is 2. The lowest BCUT2D eigenvalue weighted by Gasteiger charge is -2.47. The number of anilines is 1. The van der Waals surface area contributed by atoms with E-state index in [-0.39, 0.29) is 65.2 Å². The van der Waals surface area contributed by atoms with Gasteiger partial charge in [-0.05, 0) is 138 Å². The second-order valence-corrected chi connectivity index (χ2v) is 17.8. The number of imide groups is 2. The first-order valence-corrected chi connectivity index (χ1v) is 21.3. The molecule has 11 nitrogen and oxygen atoms in total. The van der Waals surface area contributed by atoms with Gasteiger partial charge in [0, 0.05) is 57.3 Å². The monoisotopic (exact) mass is 809 g/mol. The zero-order chi connectivity index (χ0) is 41.3. The van der Waals surface area contributed by atoms with Gasteiger partial charge < -0.3 is 14.9 Å². The highest BCUT2D eigenvalue weighted by Crippen LogP contribution is 2.48. The molecule has 0 radical (unpaired) electrons. The number of carbonyl (C=O) groups excluding carboxylic acids is 5. The van der Waals surface area contributed by atoms with Crippen LogP contribution in [-0.4, -0.2) is 88.1 Å². The number of fused-ring (bicyclic) bond motifs is 3. The molecule has 6 aliphatic rings. The van der Waals surface area contributed by atoms with Gasteiger partial charge in [-0.3, -0.25) is 39.1 Å². The molecule has 2 N–H and O–H groups in total. The van der Waals surface area contributed by atoms with Crippen LogP contribution >= 0.6 is 0 Å². The summed E-state index contributed by atoms with van der Waals surface area (Å²) < 4.78 is 13.9. The number of amides is 5. The maximum atomic E-state index is 13.9. The molecule has 12 heteroatoms. The fourth-order valence-electron chi connectivity index (χ4n) is 11.0. The van der Waals surface area contributed by atoms with Crippen LogP contribution in [0.5, 0.6) is 5.75 Å². The summed E-state index contributed by atoms with van der Waals surface area (Å²) in [5.41, 5.74) is 8.51. The van der Waals surface area contributed by atoms with E-state index in [1.54, 1.807) is 30.3 Å². The van der Waals surface area contributed by atoms with E-state index < -0.39 is 29.7 Å². The summed E-state index contributed by atoms with van der Waals surface area (Å²) in [6.45, 7) is 4.65. The van der Waals surface area contributed by atoms with E-state index in [2.05, 4.69) is 39.4 Å². The normalized spacial score (nSPS) is 23.8. The van der Waals surface area contributed by atoms with Crippen molar-refractivity contribution in [3.05, 3.63) is 129 Å². The summed E-state index contributed by atoms with van der Waals surface area (Å²) in [5, 5.41) is 12.5. The van der Waals surface area contributed by atoms with Crippen molar-refractivity contribution in [2.45, 2.75) is 82.3 Å². The van der Waals surface area contributed by atoms with Gasteiger partial charge in [0.15, 0.2) is 0 Å². The zero-order valence-corrected chi connectivity index (χ0v) is 33.5. The number of aryl methyl sites for hydroxylation is 1. The molecule has 4 aromatic rings. The quantitative estimate of drug-likeness (QED) is 0.227. The van der Waals surface area contributed by atoms with Crippen molar-refractivity contribution in [3.63, 3.8) is 0 Å². The highest BCUT2D eigenvalue weighted by atomic mass is 19.1. The molecule has 1 spiro atoms. The molecular formula is C48H48FN5O6. The predicted molar refractivity (Wildman–Crippen MR) is 221 cm³/mol. The lowest BCUT2D eigenvalue weighted by molar-refractivity contribution is -0.137. The standard InChI is InChI=1S/C48H48FN5O6/c49-34-6-1-29(2-7-34)37-11-5-31-23-36(55)10-12-38(31)44(37)30-3-8-35(9-4-30)52-19-15-48(16-20-52)17-21-53(22-18-48)43(57)28-51-26-32-24-39-40(25-33(32)27-51)47(60)54(46(39)59)41-13-14-42(56)50-45(41)58/h1-4,6-10,12,23-25,37,41,44,55H,5,11,13-22,26-28H2,(H,50,56,58)/t37-,41?,44+/m1/s1. The second kappa shape index (κ2) is 15.0. The largest absolute Gasteiger partial charge is 0.508 e. The lowest BCUT2D eigenvalue weighted by atomic mass is 9.69. The molecule has 0 bridgehead atoms. The van der Waals surface area contributed by atoms with Crippen LogP contribution in [0.4, 0.5) is 10.1 Å². The number of likely N-dealkylation sites (tertiary alicyclic amines) is 1. The SMILES string of the molecule is O=C1CCC(N2C(=O)c3cc4c(cc3C2=O)CN(CC(=O)N2CCC3(CC2)CCN(c2ccc([C@@H]5c6ccc(O)cc6CC[C@@H]5c5ccc(F)cc5)cc2)CC3)C4)C(=O)N1. The maximum Gasteiger partial charge on any atom is 0.262 e. The molecule has 3 atom stereocenters. The van der Waals surface area contributed by atoms with Gasteiger partial charge in [-0.25, -0.2) is 4.39 Å². The van der Waals surface area contributed by atoms with Crippen LogP contribution in [-0.2, 0) is 33.9 Å². The first kappa shape index (κ1) is 38.3. The number of carbonyl (C=O) groups is 5. The molecule has 10 rings (SSSR count). The molecule has 4 aromatic carbocycles. The summed E-state index contributed by atoms with van der Waals surface area (Å²) in [7, 11) is 0. The minimum Gasteiger partial charge on any atom is -0.508 e. The Kier molecular flexibility index (Phi) is 9.58. The Morgan fingerprint density at radius 2 is 1.37 bits per heavy atom. The fraction of sp³-hybridized carbons (Fsp3) is 0.396. The van der Waals surface area contributed by atoms with Gasteiger partial charge >= 0.3 is 0 Å². The Hall–Kier alpha value is -5.88. The first-order chi connectivity index (χ1) is 29.0. The first-order valence-electron chi connectivity index (χ1n) is 21.3. The summed E-state index contributed by atoms with van der Waals surface area (Å²) in [6.07, 6.45) is 6.09. The molecule has 308 valence electrons. The third-order valence-electron chi connectivity index (χ3n) is 14.4. The minimum atomic E-state index is -0.998. The van der Waals surface area contributed by atoms with Gasteiger partial charge in [-0.2, -0.15) is 0 Å². The fourth-order valence-corrected chi connectivity index (χ4v) is 11.0. The topological polar surface area (TPSA) is 131 Å². The molecule has 3 fully saturated rings. The average Bonchev–Trinajstić information content (AvgIpc) is 3.75. The van der Waals surface area contributed by atoms with Crippen molar-refractivity contribution in [1.29, 1.82) is 0 Å². The molecule has 5 aliphatic heterocycles. The van der Waals surface area contributed by atoms with Gasteiger partial charge in [0.2, 0.25) is 17.7 Å². The number of halogens is 1. The molecule has 60 heavy (non-hydrogen) atoms. The summed E-state index contributed by atoms with van der Waals surface area (Å²) in [5.74, 6) is -1.62. The number of phenolic OH excluding ortho intramolecular Hbond substituents is 1. The third kappa shape index (κ3) is 6.84. The summed E-state index contributed by atoms with van der Waals surface area (Å²) in [6, 6.07) is 24.1. The Bertz CT molecular complexity index is 2370. The van der Waals surface area contributed by atoms with Crippen LogP contribution in [0.15, 0.2) is 78.9 Å². The minimum absolute atomic E-state index is 0.0741. The van der Waals surface area contributed by atoms with E-state index in [9.17, 15) is 33.5 Å². The van der Waals surface area contributed by atoms with E-state index in [0.29, 0.717) is 13.1 Å². The molecule has 1 unspecified atom stereocenters. The molecule has 0 aromatic heterocycles. The number of rotatable bonds is 6. The maximum absolute atomic E-state index is 13.9. The van der Waals surface area contributed by atoms with E-state index >= 15 is 0 Å². The molecular weight excluding hydrogens is 762 g/mol. The number of hydrogen-bond acceptors (Lipinski definition) is 8. The van der Waals surface area contributed by atoms with Crippen molar-refractivity contribution >= 4 is 35.2 Å². The number of benzene rings is 4. The second-order valence-electron chi connectivity index (χ2n) is 17.8. The van der Waals surface area contributed by atoms with Gasteiger partial charge in [0.1, 0.15) is 17.6 Å². The number of aromatic hydroxyl groups is 1. The highest BCUT2D eigenvalue weighted by molar-refractivity contribution is 6.23. The lowest BCUT2D eigenvalue weighted by Crippen LogP contribution is -2.54. The molecule has 5 amide bonds. The van der Waals surface area contributed by atoms with E-state index in [0.717, 1.165) is 86.3 Å². The molecule has 5 heterocycles. The summed E-state index contributed by atoms with van der Waals surface area (Å²) in [4.78, 5) is 71.9. The van der Waals surface area contributed by atoms with Crippen molar-refractivity contribution in [3.8, 4) is 5.75 Å². The van der Waals surface area contributed by atoms with Crippen LogP contribution in [0.3, 0.4) is 0 Å². The number of phenols is 1. The van der Waals surface area contributed by atoms with Crippen molar-refractivity contribution in [1.82, 2.24) is 20.0 Å². The van der Waals surface area contributed by atoms with Crippen LogP contribution in [0.25, 0.3) is 0 Å². The summed E-state index contributed by atoms with van der Waals surface area (Å²) >= 11 is 0. The van der Waals surface area contributed by atoms with Crippen molar-refractivity contribution in [2.75, 3.05) is 37.6 Å². The van der Waals surface area contributed by atoms with Crippen molar-refractivity contribution < 1.29 is 33.5 Å². The van der Waals surface area contributed by atoms with Crippen molar-refractivity contribution in [2.24, 2.45) is 5.41 Å². The Balaban J connectivity index is 0.733. The van der Waals surface area contributed by atoms with Crippen LogP contribution in [0, 0.1) is 11.2 Å². The highest BCUT2D eigenvalue weighted by Gasteiger charge is 2.46. The molecule has 1 aliphatic carbocycles.